The largest absolute Gasteiger partial charge is 0.389 e. The van der Waals surface area contributed by atoms with E-state index in [2.05, 4.69) is 26.1 Å². The monoisotopic (exact) mass is 271 g/mol. The van der Waals surface area contributed by atoms with Gasteiger partial charge in [0.2, 0.25) is 0 Å². The van der Waals surface area contributed by atoms with Crippen molar-refractivity contribution in [3.63, 3.8) is 0 Å². The van der Waals surface area contributed by atoms with Crippen LogP contribution in [-0.4, -0.2) is 36.5 Å². The molecular formula is C16H33NO2. The van der Waals surface area contributed by atoms with Gasteiger partial charge in [0.05, 0.1) is 12.7 Å². The number of ether oxygens (including phenoxy) is 1. The summed E-state index contributed by atoms with van der Waals surface area (Å²) in [7, 11) is 0. The van der Waals surface area contributed by atoms with Crippen LogP contribution in [0, 0.1) is 5.92 Å². The van der Waals surface area contributed by atoms with E-state index in [1.165, 1.54) is 38.5 Å². The Morgan fingerprint density at radius 1 is 1.21 bits per heavy atom. The summed E-state index contributed by atoms with van der Waals surface area (Å²) in [6, 6.07) is 0. The van der Waals surface area contributed by atoms with E-state index < -0.39 is 0 Å². The van der Waals surface area contributed by atoms with E-state index >= 15 is 0 Å². The van der Waals surface area contributed by atoms with Crippen molar-refractivity contribution in [2.24, 2.45) is 5.92 Å². The van der Waals surface area contributed by atoms with Crippen molar-refractivity contribution in [1.82, 2.24) is 5.32 Å². The lowest BCUT2D eigenvalue weighted by atomic mass is 9.83. The Kier molecular flexibility index (Phi) is 7.96. The second-order valence-electron chi connectivity index (χ2n) is 6.77. The molecule has 0 spiro atoms. The van der Waals surface area contributed by atoms with Crippen LogP contribution in [0.15, 0.2) is 0 Å². The Labute approximate surface area is 119 Å². The van der Waals surface area contributed by atoms with Crippen molar-refractivity contribution < 1.29 is 9.84 Å². The first-order valence-electron chi connectivity index (χ1n) is 8.03. The van der Waals surface area contributed by atoms with E-state index in [1.807, 2.05) is 0 Å². The summed E-state index contributed by atoms with van der Waals surface area (Å²) in [5.41, 5.74) is 0.233. The Balaban J connectivity index is 2.02. The average molecular weight is 271 g/mol. The fourth-order valence-electron chi connectivity index (χ4n) is 2.75. The molecule has 0 aromatic rings. The minimum absolute atomic E-state index is 0.233. The minimum atomic E-state index is -0.377. The van der Waals surface area contributed by atoms with E-state index in [-0.39, 0.29) is 11.6 Å². The molecule has 0 heterocycles. The second-order valence-corrected chi connectivity index (χ2v) is 6.77. The average Bonchev–Trinajstić information content (AvgIpc) is 2.37. The zero-order valence-electron chi connectivity index (χ0n) is 13.1. The lowest BCUT2D eigenvalue weighted by molar-refractivity contribution is 0.0294. The molecule has 0 aromatic carbocycles. The van der Waals surface area contributed by atoms with Gasteiger partial charge < -0.3 is 15.2 Å². The normalized spacial score (nSPS) is 20.7. The number of nitrogens with one attached hydrogen (secondary N) is 1. The molecular weight excluding hydrogens is 238 g/mol. The van der Waals surface area contributed by atoms with Crippen LogP contribution in [0.4, 0.5) is 0 Å². The third-order valence-electron chi connectivity index (χ3n) is 4.10. The first kappa shape index (κ1) is 16.9. The Morgan fingerprint density at radius 2 is 1.89 bits per heavy atom. The molecule has 1 rings (SSSR count). The maximum Gasteiger partial charge on any atom is 0.0897 e. The van der Waals surface area contributed by atoms with Gasteiger partial charge in [0.25, 0.3) is 0 Å². The van der Waals surface area contributed by atoms with Gasteiger partial charge in [-0.3, -0.25) is 0 Å². The van der Waals surface area contributed by atoms with Crippen LogP contribution < -0.4 is 5.32 Å². The van der Waals surface area contributed by atoms with Gasteiger partial charge in [-0.15, -0.1) is 0 Å². The van der Waals surface area contributed by atoms with Gasteiger partial charge in [0.15, 0.2) is 0 Å². The molecule has 1 saturated carbocycles. The highest BCUT2D eigenvalue weighted by Crippen LogP contribution is 2.27. The Morgan fingerprint density at radius 3 is 2.53 bits per heavy atom. The molecule has 2 N–H and O–H groups in total. The summed E-state index contributed by atoms with van der Waals surface area (Å²) in [4.78, 5) is 0. The zero-order chi connectivity index (χ0) is 14.1. The van der Waals surface area contributed by atoms with Crippen molar-refractivity contribution in [2.45, 2.75) is 77.4 Å². The molecule has 1 aliphatic carbocycles. The van der Waals surface area contributed by atoms with Crippen molar-refractivity contribution in [1.29, 1.82) is 0 Å². The quantitative estimate of drug-likeness (QED) is 0.633. The minimum Gasteiger partial charge on any atom is -0.389 e. The number of β-amino-alcohol motifs (C(OH)–C–C–N with tert-alkyl or cyclic N) is 1. The number of hydrogen-bond donors (Lipinski definition) is 2. The van der Waals surface area contributed by atoms with Crippen molar-refractivity contribution >= 4 is 0 Å². The number of aliphatic hydroxyl groups is 1. The van der Waals surface area contributed by atoms with Gasteiger partial charge in [0, 0.05) is 18.7 Å². The molecule has 1 unspecified atom stereocenters. The Hall–Kier alpha value is -0.120. The summed E-state index contributed by atoms with van der Waals surface area (Å²) >= 11 is 0. The fraction of sp³-hybridized carbons (Fsp3) is 1.00. The molecule has 3 heteroatoms. The molecule has 0 bridgehead atoms. The third-order valence-corrected chi connectivity index (χ3v) is 4.10. The topological polar surface area (TPSA) is 41.5 Å². The van der Waals surface area contributed by atoms with E-state index in [0.29, 0.717) is 13.2 Å². The van der Waals surface area contributed by atoms with Gasteiger partial charge in [-0.25, -0.2) is 0 Å². The molecule has 3 nitrogen and oxygen atoms in total. The summed E-state index contributed by atoms with van der Waals surface area (Å²) in [6.45, 7) is 8.62. The number of hydrogen-bond acceptors (Lipinski definition) is 3. The summed E-state index contributed by atoms with van der Waals surface area (Å²) < 4.78 is 5.53. The second kappa shape index (κ2) is 8.93. The maximum atomic E-state index is 9.92. The molecule has 1 aliphatic rings. The first-order chi connectivity index (χ1) is 9.02. The van der Waals surface area contributed by atoms with Crippen molar-refractivity contribution in [3.05, 3.63) is 0 Å². The lowest BCUT2D eigenvalue weighted by Gasteiger charge is -2.35. The van der Waals surface area contributed by atoms with Gasteiger partial charge in [-0.05, 0) is 38.5 Å². The standard InChI is InChI=1S/C16H33NO2/c1-14(2)8-7-11-19-13-15(18)12-17-16(3)9-5-4-6-10-16/h14-15,17-18H,4-13H2,1-3H3. The number of rotatable bonds is 9. The predicted octanol–water partition coefficient (Wildman–Crippen LogP) is 3.11. The van der Waals surface area contributed by atoms with Gasteiger partial charge in [-0.1, -0.05) is 33.1 Å². The van der Waals surface area contributed by atoms with Gasteiger partial charge >= 0.3 is 0 Å². The van der Waals surface area contributed by atoms with Crippen LogP contribution in [0.5, 0.6) is 0 Å². The van der Waals surface area contributed by atoms with Crippen LogP contribution in [-0.2, 0) is 4.74 Å². The predicted molar refractivity (Wildman–Crippen MR) is 80.4 cm³/mol. The highest BCUT2D eigenvalue weighted by atomic mass is 16.5. The molecule has 0 aromatic heterocycles. The van der Waals surface area contributed by atoms with Gasteiger partial charge in [0.1, 0.15) is 0 Å². The molecule has 0 aliphatic heterocycles. The highest BCUT2D eigenvalue weighted by molar-refractivity contribution is 4.86. The van der Waals surface area contributed by atoms with Crippen LogP contribution >= 0.6 is 0 Å². The summed E-state index contributed by atoms with van der Waals surface area (Å²) in [5.74, 6) is 0.737. The fourth-order valence-corrected chi connectivity index (χ4v) is 2.75. The van der Waals surface area contributed by atoms with Crippen molar-refractivity contribution in [3.8, 4) is 0 Å². The SMILES string of the molecule is CC(C)CCCOCC(O)CNC1(C)CCCCC1. The molecule has 1 fully saturated rings. The summed E-state index contributed by atoms with van der Waals surface area (Å²) in [6.07, 6.45) is 8.36. The smallest absolute Gasteiger partial charge is 0.0897 e. The highest BCUT2D eigenvalue weighted by Gasteiger charge is 2.26. The molecule has 0 radical (unpaired) electrons. The van der Waals surface area contributed by atoms with Crippen LogP contribution in [0.1, 0.15) is 65.7 Å². The zero-order valence-corrected chi connectivity index (χ0v) is 13.1. The lowest BCUT2D eigenvalue weighted by Crippen LogP contribution is -2.47. The molecule has 1 atom stereocenters. The first-order valence-corrected chi connectivity index (χ1v) is 8.03. The maximum absolute atomic E-state index is 9.92. The van der Waals surface area contributed by atoms with Gasteiger partial charge in [-0.2, -0.15) is 0 Å². The van der Waals surface area contributed by atoms with E-state index in [1.54, 1.807) is 0 Å². The van der Waals surface area contributed by atoms with E-state index in [4.69, 9.17) is 4.74 Å². The van der Waals surface area contributed by atoms with E-state index in [0.717, 1.165) is 18.9 Å². The molecule has 19 heavy (non-hydrogen) atoms. The van der Waals surface area contributed by atoms with Crippen LogP contribution in [0.2, 0.25) is 0 Å². The molecule has 114 valence electrons. The third kappa shape index (κ3) is 7.91. The Bertz CT molecular complexity index is 225. The van der Waals surface area contributed by atoms with Crippen molar-refractivity contribution in [2.75, 3.05) is 19.8 Å². The van der Waals surface area contributed by atoms with Crippen LogP contribution in [0.25, 0.3) is 0 Å². The molecule has 0 amide bonds. The molecule has 0 saturated heterocycles. The number of aliphatic hydroxyl groups excluding tert-OH is 1. The summed E-state index contributed by atoms with van der Waals surface area (Å²) in [5, 5.41) is 13.4. The van der Waals surface area contributed by atoms with Crippen LogP contribution in [0.3, 0.4) is 0 Å². The van der Waals surface area contributed by atoms with E-state index in [9.17, 15) is 5.11 Å².